The van der Waals surface area contributed by atoms with Crippen LogP contribution in [-0.4, -0.2) is 22.0 Å². The van der Waals surface area contributed by atoms with Crippen molar-refractivity contribution in [3.8, 4) is 22.9 Å². The van der Waals surface area contributed by atoms with Crippen LogP contribution >= 0.6 is 0 Å². The standard InChI is InChI=1S/C25H23N3O2/c29-25(21-12-14-23(15-13-21)30-22-10-5-2-6-11-22)27-16-7-18-28-19-17-26-24(28)20-8-3-1-4-9-20/h1-6,8-15,17,19H,7,16,18H2,(H,27,29). The van der Waals surface area contributed by atoms with Crippen molar-refractivity contribution in [1.29, 1.82) is 0 Å². The lowest BCUT2D eigenvalue weighted by Gasteiger charge is -2.10. The van der Waals surface area contributed by atoms with E-state index in [9.17, 15) is 4.79 Å². The maximum atomic E-state index is 12.4. The molecule has 5 nitrogen and oxygen atoms in total. The van der Waals surface area contributed by atoms with E-state index in [1.165, 1.54) is 0 Å². The van der Waals surface area contributed by atoms with Crippen LogP contribution < -0.4 is 10.1 Å². The van der Waals surface area contributed by atoms with Gasteiger partial charge in [0.05, 0.1) is 0 Å². The summed E-state index contributed by atoms with van der Waals surface area (Å²) in [5.74, 6) is 2.32. The lowest BCUT2D eigenvalue weighted by Crippen LogP contribution is -2.25. The molecule has 0 radical (unpaired) electrons. The smallest absolute Gasteiger partial charge is 0.251 e. The molecule has 4 rings (SSSR count). The molecule has 0 unspecified atom stereocenters. The third kappa shape index (κ3) is 4.94. The maximum Gasteiger partial charge on any atom is 0.251 e. The molecule has 0 aliphatic carbocycles. The van der Waals surface area contributed by atoms with Crippen LogP contribution in [-0.2, 0) is 6.54 Å². The highest BCUT2D eigenvalue weighted by Gasteiger charge is 2.07. The molecule has 0 saturated heterocycles. The van der Waals surface area contributed by atoms with Gasteiger partial charge in [-0.05, 0) is 42.8 Å². The number of aromatic nitrogens is 2. The lowest BCUT2D eigenvalue weighted by molar-refractivity contribution is 0.0952. The van der Waals surface area contributed by atoms with Crippen LogP contribution in [0.4, 0.5) is 0 Å². The molecular formula is C25H23N3O2. The summed E-state index contributed by atoms with van der Waals surface area (Å²) in [5.41, 5.74) is 1.70. The van der Waals surface area contributed by atoms with Crippen LogP contribution in [0, 0.1) is 0 Å². The molecule has 0 fully saturated rings. The van der Waals surface area contributed by atoms with Crippen LogP contribution in [0.2, 0.25) is 0 Å². The molecule has 1 amide bonds. The molecule has 1 aromatic heterocycles. The Bertz CT molecular complexity index is 1070. The number of rotatable bonds is 8. The average Bonchev–Trinajstić information content (AvgIpc) is 3.27. The van der Waals surface area contributed by atoms with Crippen molar-refractivity contribution < 1.29 is 9.53 Å². The van der Waals surface area contributed by atoms with E-state index in [1.807, 2.05) is 66.9 Å². The van der Waals surface area contributed by atoms with Crippen molar-refractivity contribution in [3.63, 3.8) is 0 Å². The number of imidazole rings is 1. The van der Waals surface area contributed by atoms with Crippen LogP contribution in [0.25, 0.3) is 11.4 Å². The fourth-order valence-corrected chi connectivity index (χ4v) is 3.19. The number of nitrogens with one attached hydrogen (secondary N) is 1. The topological polar surface area (TPSA) is 56.2 Å². The van der Waals surface area contributed by atoms with Gasteiger partial charge in [-0.2, -0.15) is 0 Å². The molecule has 1 N–H and O–H groups in total. The minimum absolute atomic E-state index is 0.0878. The predicted octanol–water partition coefficient (Wildman–Crippen LogP) is 5.16. The number of aryl methyl sites for hydroxylation is 1. The Labute approximate surface area is 176 Å². The monoisotopic (exact) mass is 397 g/mol. The van der Waals surface area contributed by atoms with Crippen LogP contribution in [0.15, 0.2) is 97.3 Å². The molecule has 0 atom stereocenters. The zero-order valence-electron chi connectivity index (χ0n) is 16.6. The summed E-state index contributed by atoms with van der Waals surface area (Å²) in [4.78, 5) is 16.8. The number of carbonyl (C=O) groups excluding carboxylic acids is 1. The summed E-state index contributed by atoms with van der Waals surface area (Å²) >= 11 is 0. The fraction of sp³-hybridized carbons (Fsp3) is 0.120. The number of hydrogen-bond donors (Lipinski definition) is 1. The first kappa shape index (κ1) is 19.5. The van der Waals surface area contributed by atoms with Crippen molar-refractivity contribution in [2.75, 3.05) is 6.54 Å². The Morgan fingerprint density at radius 1 is 0.867 bits per heavy atom. The zero-order chi connectivity index (χ0) is 20.6. The quantitative estimate of drug-likeness (QED) is 0.418. The van der Waals surface area contributed by atoms with Gasteiger partial charge in [-0.15, -0.1) is 0 Å². The van der Waals surface area contributed by atoms with E-state index in [1.54, 1.807) is 30.5 Å². The highest BCUT2D eigenvalue weighted by molar-refractivity contribution is 5.94. The third-order valence-corrected chi connectivity index (χ3v) is 4.70. The first-order valence-electron chi connectivity index (χ1n) is 9.97. The lowest BCUT2D eigenvalue weighted by atomic mass is 10.2. The van der Waals surface area contributed by atoms with Gasteiger partial charge >= 0.3 is 0 Å². The van der Waals surface area contributed by atoms with Gasteiger partial charge in [0.1, 0.15) is 17.3 Å². The Hall–Kier alpha value is -3.86. The Balaban J connectivity index is 1.26. The van der Waals surface area contributed by atoms with E-state index in [-0.39, 0.29) is 5.91 Å². The average molecular weight is 397 g/mol. The van der Waals surface area contributed by atoms with Crippen LogP contribution in [0.5, 0.6) is 11.5 Å². The summed E-state index contributed by atoms with van der Waals surface area (Å²) in [5, 5.41) is 2.98. The second kappa shape index (κ2) is 9.56. The highest BCUT2D eigenvalue weighted by atomic mass is 16.5. The van der Waals surface area contributed by atoms with Gasteiger partial charge in [0, 0.05) is 36.6 Å². The second-order valence-electron chi connectivity index (χ2n) is 6.86. The highest BCUT2D eigenvalue weighted by Crippen LogP contribution is 2.21. The van der Waals surface area contributed by atoms with E-state index < -0.39 is 0 Å². The van der Waals surface area contributed by atoms with E-state index in [4.69, 9.17) is 4.74 Å². The fourth-order valence-electron chi connectivity index (χ4n) is 3.19. The second-order valence-corrected chi connectivity index (χ2v) is 6.86. The van der Waals surface area contributed by atoms with Gasteiger partial charge in [-0.3, -0.25) is 4.79 Å². The summed E-state index contributed by atoms with van der Waals surface area (Å²) in [6.45, 7) is 1.38. The number of para-hydroxylation sites is 1. The summed E-state index contributed by atoms with van der Waals surface area (Å²) < 4.78 is 7.87. The molecule has 30 heavy (non-hydrogen) atoms. The first-order valence-corrected chi connectivity index (χ1v) is 9.97. The number of ether oxygens (including phenoxy) is 1. The van der Waals surface area contributed by atoms with Crippen molar-refractivity contribution >= 4 is 5.91 Å². The molecular weight excluding hydrogens is 374 g/mol. The van der Waals surface area contributed by atoms with Gasteiger partial charge < -0.3 is 14.6 Å². The van der Waals surface area contributed by atoms with Crippen molar-refractivity contribution in [3.05, 3.63) is 103 Å². The van der Waals surface area contributed by atoms with Gasteiger partial charge in [-0.1, -0.05) is 48.5 Å². The van der Waals surface area contributed by atoms with Crippen molar-refractivity contribution in [1.82, 2.24) is 14.9 Å². The minimum atomic E-state index is -0.0878. The van der Waals surface area contributed by atoms with Gasteiger partial charge in [0.15, 0.2) is 0 Å². The molecule has 5 heteroatoms. The number of carbonyl (C=O) groups is 1. The SMILES string of the molecule is O=C(NCCCn1ccnc1-c1ccccc1)c1ccc(Oc2ccccc2)cc1. The Morgan fingerprint density at radius 3 is 2.27 bits per heavy atom. The Morgan fingerprint density at radius 2 is 1.53 bits per heavy atom. The maximum absolute atomic E-state index is 12.4. The number of amides is 1. The third-order valence-electron chi connectivity index (χ3n) is 4.70. The largest absolute Gasteiger partial charge is 0.457 e. The van der Waals surface area contributed by atoms with Crippen LogP contribution in [0.1, 0.15) is 16.8 Å². The van der Waals surface area contributed by atoms with Crippen molar-refractivity contribution in [2.24, 2.45) is 0 Å². The zero-order valence-corrected chi connectivity index (χ0v) is 16.6. The van der Waals surface area contributed by atoms with Gasteiger partial charge in [0.2, 0.25) is 0 Å². The molecule has 4 aromatic rings. The van der Waals surface area contributed by atoms with E-state index >= 15 is 0 Å². The molecule has 0 saturated carbocycles. The number of benzene rings is 3. The number of hydrogen-bond acceptors (Lipinski definition) is 3. The first-order chi connectivity index (χ1) is 14.8. The number of nitrogens with zero attached hydrogens (tertiary/aromatic N) is 2. The molecule has 0 spiro atoms. The summed E-state index contributed by atoms with van der Waals surface area (Å²) in [7, 11) is 0. The summed E-state index contributed by atoms with van der Waals surface area (Å²) in [6.07, 6.45) is 4.59. The van der Waals surface area contributed by atoms with Gasteiger partial charge in [0.25, 0.3) is 5.91 Å². The molecule has 0 bridgehead atoms. The summed E-state index contributed by atoms with van der Waals surface area (Å²) in [6, 6.07) is 26.8. The Kier molecular flexibility index (Phi) is 6.20. The molecule has 150 valence electrons. The predicted molar refractivity (Wildman–Crippen MR) is 118 cm³/mol. The van der Waals surface area contributed by atoms with Crippen LogP contribution in [0.3, 0.4) is 0 Å². The van der Waals surface area contributed by atoms with E-state index in [0.717, 1.165) is 30.1 Å². The molecule has 1 heterocycles. The minimum Gasteiger partial charge on any atom is -0.457 e. The molecule has 0 aliphatic rings. The molecule has 3 aromatic carbocycles. The molecule has 0 aliphatic heterocycles. The van der Waals surface area contributed by atoms with Gasteiger partial charge in [-0.25, -0.2) is 4.98 Å². The van der Waals surface area contributed by atoms with E-state index in [0.29, 0.717) is 17.9 Å². The van der Waals surface area contributed by atoms with E-state index in [2.05, 4.69) is 14.9 Å². The van der Waals surface area contributed by atoms with Crippen molar-refractivity contribution in [2.45, 2.75) is 13.0 Å². The normalized spacial score (nSPS) is 10.5.